The molecule has 0 bridgehead atoms. The summed E-state index contributed by atoms with van der Waals surface area (Å²) in [6.07, 6.45) is 5.83. The van der Waals surface area contributed by atoms with E-state index in [0.717, 1.165) is 6.54 Å². The third-order valence-corrected chi connectivity index (χ3v) is 3.69. The second-order valence-electron chi connectivity index (χ2n) is 4.51. The lowest BCUT2D eigenvalue weighted by atomic mass is 10.0. The quantitative estimate of drug-likeness (QED) is 0.700. The molecule has 0 saturated carbocycles. The molecule has 0 saturated heterocycles. The molecule has 0 aromatic heterocycles. The Morgan fingerprint density at radius 2 is 1.94 bits per heavy atom. The summed E-state index contributed by atoms with van der Waals surface area (Å²) in [6, 6.07) is 9.51. The van der Waals surface area contributed by atoms with Crippen LogP contribution in [0, 0.1) is 0 Å². The lowest BCUT2D eigenvalue weighted by Crippen LogP contribution is -2.20. The van der Waals surface area contributed by atoms with Crippen LogP contribution in [0.25, 0.3) is 0 Å². The SMILES string of the molecule is CCCc1ccc(C(C)NCCCSC)cc1. The van der Waals surface area contributed by atoms with Gasteiger partial charge in [0.15, 0.2) is 0 Å². The second kappa shape index (κ2) is 8.60. The van der Waals surface area contributed by atoms with Crippen LogP contribution >= 0.6 is 11.8 Å². The standard InChI is InChI=1S/C15H25NS/c1-4-6-14-7-9-15(10-8-14)13(2)16-11-5-12-17-3/h7-10,13,16H,4-6,11-12H2,1-3H3. The van der Waals surface area contributed by atoms with Gasteiger partial charge >= 0.3 is 0 Å². The number of nitrogens with one attached hydrogen (secondary N) is 1. The van der Waals surface area contributed by atoms with Gasteiger partial charge in [-0.25, -0.2) is 0 Å². The van der Waals surface area contributed by atoms with E-state index in [1.54, 1.807) is 0 Å². The first-order valence-corrected chi connectivity index (χ1v) is 7.98. The Balaban J connectivity index is 2.37. The summed E-state index contributed by atoms with van der Waals surface area (Å²) in [5.41, 5.74) is 2.85. The molecule has 0 radical (unpaired) electrons. The zero-order chi connectivity index (χ0) is 12.5. The molecule has 1 aromatic rings. The third kappa shape index (κ3) is 5.60. The highest BCUT2D eigenvalue weighted by Gasteiger charge is 2.03. The van der Waals surface area contributed by atoms with Gasteiger partial charge in [-0.3, -0.25) is 0 Å². The van der Waals surface area contributed by atoms with E-state index in [-0.39, 0.29) is 0 Å². The number of benzene rings is 1. The van der Waals surface area contributed by atoms with Gasteiger partial charge in [0, 0.05) is 6.04 Å². The fourth-order valence-corrected chi connectivity index (χ4v) is 2.35. The molecule has 0 aliphatic heterocycles. The van der Waals surface area contributed by atoms with Crippen LogP contribution in [0.5, 0.6) is 0 Å². The molecule has 1 rings (SSSR count). The lowest BCUT2D eigenvalue weighted by molar-refractivity contribution is 0.572. The minimum absolute atomic E-state index is 0.465. The summed E-state index contributed by atoms with van der Waals surface area (Å²) in [5.74, 6) is 1.25. The average molecular weight is 251 g/mol. The Labute approximate surface area is 110 Å². The largest absolute Gasteiger partial charge is 0.310 e. The average Bonchev–Trinajstić information content (AvgIpc) is 2.36. The van der Waals surface area contributed by atoms with Crippen LogP contribution in [0.3, 0.4) is 0 Å². The molecule has 0 spiro atoms. The molecule has 96 valence electrons. The zero-order valence-corrected chi connectivity index (χ0v) is 12.1. The van der Waals surface area contributed by atoms with E-state index >= 15 is 0 Å². The van der Waals surface area contributed by atoms with Crippen molar-refractivity contribution in [2.75, 3.05) is 18.6 Å². The Morgan fingerprint density at radius 1 is 1.24 bits per heavy atom. The molecule has 0 fully saturated rings. The number of aryl methyl sites for hydroxylation is 1. The molecular formula is C15H25NS. The molecule has 17 heavy (non-hydrogen) atoms. The topological polar surface area (TPSA) is 12.0 Å². The molecule has 1 unspecified atom stereocenters. The monoisotopic (exact) mass is 251 g/mol. The lowest BCUT2D eigenvalue weighted by Gasteiger charge is -2.14. The van der Waals surface area contributed by atoms with Gasteiger partial charge in [-0.2, -0.15) is 11.8 Å². The van der Waals surface area contributed by atoms with E-state index in [1.807, 2.05) is 11.8 Å². The maximum Gasteiger partial charge on any atom is 0.0291 e. The van der Waals surface area contributed by atoms with E-state index in [1.165, 1.54) is 36.1 Å². The van der Waals surface area contributed by atoms with Gasteiger partial charge < -0.3 is 5.32 Å². The Hall–Kier alpha value is -0.470. The van der Waals surface area contributed by atoms with E-state index in [4.69, 9.17) is 0 Å². The first-order chi connectivity index (χ1) is 8.27. The van der Waals surface area contributed by atoms with Gasteiger partial charge in [-0.15, -0.1) is 0 Å². The maximum atomic E-state index is 3.57. The number of rotatable bonds is 8. The molecule has 2 heteroatoms. The van der Waals surface area contributed by atoms with Crippen LogP contribution < -0.4 is 5.32 Å². The highest BCUT2D eigenvalue weighted by atomic mass is 32.2. The van der Waals surface area contributed by atoms with Crippen molar-refractivity contribution in [3.8, 4) is 0 Å². The van der Waals surface area contributed by atoms with Gasteiger partial charge in [0.05, 0.1) is 0 Å². The summed E-state index contributed by atoms with van der Waals surface area (Å²) >= 11 is 1.92. The Kier molecular flexibility index (Phi) is 7.38. The van der Waals surface area contributed by atoms with Crippen molar-refractivity contribution in [2.45, 2.75) is 39.2 Å². The minimum Gasteiger partial charge on any atom is -0.310 e. The normalized spacial score (nSPS) is 12.6. The van der Waals surface area contributed by atoms with Crippen LogP contribution in [0.1, 0.15) is 43.9 Å². The number of hydrogen-bond donors (Lipinski definition) is 1. The van der Waals surface area contributed by atoms with Crippen LogP contribution in [-0.4, -0.2) is 18.6 Å². The Bertz CT molecular complexity index is 294. The molecule has 1 nitrogen and oxygen atoms in total. The van der Waals surface area contributed by atoms with E-state index in [9.17, 15) is 0 Å². The summed E-state index contributed by atoms with van der Waals surface area (Å²) in [5, 5.41) is 3.57. The first-order valence-electron chi connectivity index (χ1n) is 6.59. The molecule has 0 aliphatic rings. The van der Waals surface area contributed by atoms with Crippen LogP contribution in [0.4, 0.5) is 0 Å². The molecule has 1 aromatic carbocycles. The number of thioether (sulfide) groups is 1. The predicted octanol–water partition coefficient (Wildman–Crippen LogP) is 4.04. The summed E-state index contributed by atoms with van der Waals surface area (Å²) in [7, 11) is 0. The minimum atomic E-state index is 0.465. The van der Waals surface area contributed by atoms with Crippen molar-refractivity contribution in [1.82, 2.24) is 5.32 Å². The van der Waals surface area contributed by atoms with Crippen molar-refractivity contribution >= 4 is 11.8 Å². The van der Waals surface area contributed by atoms with Gasteiger partial charge in [0.1, 0.15) is 0 Å². The number of hydrogen-bond acceptors (Lipinski definition) is 2. The van der Waals surface area contributed by atoms with Crippen LogP contribution in [0.15, 0.2) is 24.3 Å². The fourth-order valence-electron chi connectivity index (χ4n) is 1.91. The van der Waals surface area contributed by atoms with Crippen LogP contribution in [-0.2, 0) is 6.42 Å². The van der Waals surface area contributed by atoms with E-state index < -0.39 is 0 Å². The molecular weight excluding hydrogens is 226 g/mol. The van der Waals surface area contributed by atoms with Gasteiger partial charge in [0.2, 0.25) is 0 Å². The highest BCUT2D eigenvalue weighted by molar-refractivity contribution is 7.98. The summed E-state index contributed by atoms with van der Waals surface area (Å²) < 4.78 is 0. The van der Waals surface area contributed by atoms with E-state index in [0.29, 0.717) is 6.04 Å². The summed E-state index contributed by atoms with van der Waals surface area (Å²) in [4.78, 5) is 0. The molecule has 0 amide bonds. The molecule has 0 heterocycles. The van der Waals surface area contributed by atoms with Gasteiger partial charge in [0.25, 0.3) is 0 Å². The van der Waals surface area contributed by atoms with Crippen molar-refractivity contribution < 1.29 is 0 Å². The maximum absolute atomic E-state index is 3.57. The van der Waals surface area contributed by atoms with E-state index in [2.05, 4.69) is 49.7 Å². The van der Waals surface area contributed by atoms with Crippen molar-refractivity contribution in [1.29, 1.82) is 0 Å². The van der Waals surface area contributed by atoms with Crippen LogP contribution in [0.2, 0.25) is 0 Å². The zero-order valence-electron chi connectivity index (χ0n) is 11.3. The molecule has 0 aliphatic carbocycles. The third-order valence-electron chi connectivity index (χ3n) is 2.99. The molecule has 1 atom stereocenters. The summed E-state index contributed by atoms with van der Waals surface area (Å²) in [6.45, 7) is 5.58. The smallest absolute Gasteiger partial charge is 0.0291 e. The van der Waals surface area contributed by atoms with Gasteiger partial charge in [-0.1, -0.05) is 37.6 Å². The van der Waals surface area contributed by atoms with Crippen molar-refractivity contribution in [3.05, 3.63) is 35.4 Å². The first kappa shape index (κ1) is 14.6. The molecule has 1 N–H and O–H groups in total. The second-order valence-corrected chi connectivity index (χ2v) is 5.50. The van der Waals surface area contributed by atoms with Crippen molar-refractivity contribution in [3.63, 3.8) is 0 Å². The van der Waals surface area contributed by atoms with Gasteiger partial charge in [-0.05, 0) is 49.4 Å². The van der Waals surface area contributed by atoms with Crippen molar-refractivity contribution in [2.24, 2.45) is 0 Å². The Morgan fingerprint density at radius 3 is 2.53 bits per heavy atom. The predicted molar refractivity (Wildman–Crippen MR) is 79.9 cm³/mol. The fraction of sp³-hybridized carbons (Fsp3) is 0.600. The highest BCUT2D eigenvalue weighted by Crippen LogP contribution is 2.14.